The molecular formula is C34H24Br3ClN2O6. The maximum atomic E-state index is 13.5. The van der Waals surface area contributed by atoms with E-state index < -0.39 is 18.4 Å². The summed E-state index contributed by atoms with van der Waals surface area (Å²) in [6.07, 6.45) is 0.854. The Hall–Kier alpha value is -3.12. The molecular weight excluding hydrogens is 808 g/mol. The number of aromatic hydroxyl groups is 1. The van der Waals surface area contributed by atoms with Crippen molar-refractivity contribution >= 4 is 99.5 Å². The molecule has 7 rings (SSSR count). The largest absolute Gasteiger partial charge is 0.507 e. The molecule has 1 saturated heterocycles. The van der Waals surface area contributed by atoms with Gasteiger partial charge in [-0.2, -0.15) is 0 Å². The van der Waals surface area contributed by atoms with Gasteiger partial charge in [-0.15, -0.1) is 0 Å². The molecule has 46 heavy (non-hydrogen) atoms. The molecule has 2 saturated carbocycles. The number of rotatable bonds is 6. The predicted molar refractivity (Wildman–Crippen MR) is 184 cm³/mol. The number of nitrogens with zero attached hydrogens (tertiary/aromatic N) is 2. The Bertz CT molecular complexity index is 1950. The fraction of sp³-hybridized carbons (Fsp3) is 0.265. The summed E-state index contributed by atoms with van der Waals surface area (Å²) < 4.78 is 5.99. The fourth-order valence-corrected chi connectivity index (χ4v) is 9.70. The van der Waals surface area contributed by atoms with Gasteiger partial charge in [-0.1, -0.05) is 67.7 Å². The second-order valence-electron chi connectivity index (χ2n) is 11.8. The smallest absolute Gasteiger partial charge is 0.339 e. The van der Waals surface area contributed by atoms with Gasteiger partial charge in [0.15, 0.2) is 6.61 Å². The molecule has 6 unspecified atom stereocenters. The van der Waals surface area contributed by atoms with Gasteiger partial charge in [-0.3, -0.25) is 19.3 Å². The van der Waals surface area contributed by atoms with Crippen LogP contribution >= 0.6 is 59.4 Å². The Balaban J connectivity index is 1.21. The number of carbonyl (C=O) groups excluding carboxylic acids is 4. The van der Waals surface area contributed by atoms with Crippen molar-refractivity contribution in [3.63, 3.8) is 0 Å². The van der Waals surface area contributed by atoms with Gasteiger partial charge in [-0.05, 0) is 83.1 Å². The number of alkyl halides is 2. The van der Waals surface area contributed by atoms with Crippen LogP contribution in [0, 0.1) is 30.6 Å². The topological polar surface area (TPSA) is 114 Å². The summed E-state index contributed by atoms with van der Waals surface area (Å²) >= 11 is 17.4. The molecule has 234 valence electrons. The standard InChI is InChI=1S/C34H24Br3ClN2O6/c1-14-30(38)22(35)11-18-19(34(45)46-13-25(42)17-4-2-3-5-24(17)41)12-23(39-31(14)18)15-6-8-16(9-7-15)40-32(43)26-20-10-21(27(26)33(40)44)29(37)28(20)36/h2-9,11-12,20-21,26-29,41H,10,13H2,1H3. The second kappa shape index (κ2) is 11.8. The Morgan fingerprint density at radius 3 is 2.24 bits per heavy atom. The highest BCUT2D eigenvalue weighted by Gasteiger charge is 2.66. The first-order valence-corrected chi connectivity index (χ1v) is 17.5. The van der Waals surface area contributed by atoms with E-state index in [1.165, 1.54) is 17.0 Å². The van der Waals surface area contributed by atoms with Gasteiger partial charge in [0.1, 0.15) is 5.75 Å². The van der Waals surface area contributed by atoms with E-state index in [-0.39, 0.29) is 62.0 Å². The number of esters is 1. The van der Waals surface area contributed by atoms with Crippen molar-refractivity contribution in [3.8, 4) is 17.0 Å². The number of ether oxygens (including phenoxy) is 1. The molecule has 12 heteroatoms. The van der Waals surface area contributed by atoms with Crippen molar-refractivity contribution in [1.29, 1.82) is 0 Å². The molecule has 4 aromatic rings. The normalized spacial score (nSPS) is 24.9. The van der Waals surface area contributed by atoms with E-state index in [4.69, 9.17) is 21.3 Å². The number of anilines is 1. The highest BCUT2D eigenvalue weighted by atomic mass is 79.9. The minimum absolute atomic E-state index is 0.0475. The highest BCUT2D eigenvalue weighted by Crippen LogP contribution is 2.60. The molecule has 6 atom stereocenters. The molecule has 1 aliphatic heterocycles. The number of pyridine rings is 1. The Morgan fingerprint density at radius 2 is 1.61 bits per heavy atom. The summed E-state index contributed by atoms with van der Waals surface area (Å²) in [6, 6.07) is 16.2. The first-order chi connectivity index (χ1) is 22.0. The van der Waals surface area contributed by atoms with Crippen LogP contribution in [0.2, 0.25) is 5.02 Å². The van der Waals surface area contributed by atoms with Gasteiger partial charge < -0.3 is 9.84 Å². The Kier molecular flexibility index (Phi) is 8.10. The van der Waals surface area contributed by atoms with Crippen LogP contribution in [0.15, 0.2) is 65.1 Å². The monoisotopic (exact) mass is 828 g/mol. The third kappa shape index (κ3) is 4.93. The first kappa shape index (κ1) is 31.5. The number of benzene rings is 3. The molecule has 2 heterocycles. The number of amides is 2. The van der Waals surface area contributed by atoms with Crippen molar-refractivity contribution in [2.75, 3.05) is 11.5 Å². The zero-order valence-corrected chi connectivity index (χ0v) is 29.6. The van der Waals surface area contributed by atoms with Crippen LogP contribution in [-0.4, -0.2) is 49.9 Å². The van der Waals surface area contributed by atoms with Crippen LogP contribution in [0.5, 0.6) is 5.75 Å². The second-order valence-corrected chi connectivity index (χ2v) is 15.2. The average molecular weight is 832 g/mol. The number of hydrogen-bond donors (Lipinski definition) is 1. The van der Waals surface area contributed by atoms with Gasteiger partial charge in [-0.25, -0.2) is 9.78 Å². The third-order valence-corrected chi connectivity index (χ3v) is 13.9. The summed E-state index contributed by atoms with van der Waals surface area (Å²) in [7, 11) is 0. The van der Waals surface area contributed by atoms with E-state index >= 15 is 0 Å². The van der Waals surface area contributed by atoms with E-state index in [0.717, 1.165) is 6.42 Å². The van der Waals surface area contributed by atoms with Crippen LogP contribution in [0.4, 0.5) is 5.69 Å². The van der Waals surface area contributed by atoms with Crippen molar-refractivity contribution in [3.05, 3.63) is 86.8 Å². The Morgan fingerprint density at radius 1 is 0.978 bits per heavy atom. The molecule has 2 aliphatic carbocycles. The molecule has 8 nitrogen and oxygen atoms in total. The fourth-order valence-electron chi connectivity index (χ4n) is 7.16. The number of hydrogen-bond acceptors (Lipinski definition) is 7. The summed E-state index contributed by atoms with van der Waals surface area (Å²) in [5.74, 6) is -2.26. The molecule has 0 spiro atoms. The number of halogens is 4. The summed E-state index contributed by atoms with van der Waals surface area (Å²) in [5.41, 5.74) is 2.85. The molecule has 0 radical (unpaired) electrons. The van der Waals surface area contributed by atoms with Gasteiger partial charge in [0.25, 0.3) is 0 Å². The number of imide groups is 1. The maximum absolute atomic E-state index is 13.5. The van der Waals surface area contributed by atoms with Crippen molar-refractivity contribution in [1.82, 2.24) is 4.98 Å². The van der Waals surface area contributed by atoms with Crippen LogP contribution < -0.4 is 4.90 Å². The lowest BCUT2D eigenvalue weighted by molar-refractivity contribution is -0.123. The predicted octanol–water partition coefficient (Wildman–Crippen LogP) is 7.65. The number of fused-ring (bicyclic) bond motifs is 6. The molecule has 3 aromatic carbocycles. The maximum Gasteiger partial charge on any atom is 0.339 e. The van der Waals surface area contributed by atoms with Crippen molar-refractivity contribution in [2.45, 2.75) is 23.0 Å². The minimum atomic E-state index is -0.757. The number of phenolic OH excluding ortho intramolecular Hbond substituents is 1. The van der Waals surface area contributed by atoms with E-state index in [0.29, 0.717) is 42.9 Å². The van der Waals surface area contributed by atoms with E-state index in [9.17, 15) is 24.3 Å². The lowest BCUT2D eigenvalue weighted by Gasteiger charge is -2.28. The van der Waals surface area contributed by atoms with E-state index in [1.807, 2.05) is 0 Å². The first-order valence-electron chi connectivity index (χ1n) is 14.5. The molecule has 1 aromatic heterocycles. The number of Topliss-reactive ketones (excluding diaryl/α,β-unsaturated/α-hetero) is 1. The lowest BCUT2D eigenvalue weighted by atomic mass is 9.81. The number of ketones is 1. The zero-order chi connectivity index (χ0) is 32.6. The van der Waals surface area contributed by atoms with Gasteiger partial charge in [0.05, 0.1) is 44.9 Å². The molecule has 2 amide bonds. The summed E-state index contributed by atoms with van der Waals surface area (Å²) in [4.78, 5) is 59.7. The van der Waals surface area contributed by atoms with Gasteiger partial charge in [0.2, 0.25) is 17.6 Å². The average Bonchev–Trinajstić information content (AvgIpc) is 3.67. The Labute approximate surface area is 293 Å². The van der Waals surface area contributed by atoms with E-state index in [1.54, 1.807) is 55.5 Å². The van der Waals surface area contributed by atoms with Crippen LogP contribution in [-0.2, 0) is 14.3 Å². The van der Waals surface area contributed by atoms with Crippen molar-refractivity contribution in [2.24, 2.45) is 23.7 Å². The number of phenols is 1. The molecule has 3 fully saturated rings. The SMILES string of the molecule is Cc1c(Cl)c(Br)cc2c(C(=O)OCC(=O)c3ccccc3O)cc(-c3ccc(N4C(=O)C5C6CC(C(Br)C6Br)C5C4=O)cc3)nc12. The number of para-hydroxylation sites is 1. The molecule has 1 N–H and O–H groups in total. The highest BCUT2D eigenvalue weighted by molar-refractivity contribution is 9.12. The summed E-state index contributed by atoms with van der Waals surface area (Å²) in [6.45, 7) is 1.21. The van der Waals surface area contributed by atoms with Crippen LogP contribution in [0.25, 0.3) is 22.2 Å². The number of carbonyl (C=O) groups is 4. The quantitative estimate of drug-likeness (QED) is 0.0920. The number of aromatic nitrogens is 1. The third-order valence-electron chi connectivity index (χ3n) is 9.39. The molecule has 3 aliphatic rings. The van der Waals surface area contributed by atoms with Crippen molar-refractivity contribution < 1.29 is 29.0 Å². The van der Waals surface area contributed by atoms with Crippen LogP contribution in [0.3, 0.4) is 0 Å². The summed E-state index contributed by atoms with van der Waals surface area (Å²) in [5, 5.41) is 10.9. The minimum Gasteiger partial charge on any atom is -0.507 e. The number of aryl methyl sites for hydroxylation is 1. The van der Waals surface area contributed by atoms with E-state index in [2.05, 4.69) is 47.8 Å². The molecule has 2 bridgehead atoms. The van der Waals surface area contributed by atoms with Crippen LogP contribution in [0.1, 0.15) is 32.7 Å². The van der Waals surface area contributed by atoms with Gasteiger partial charge in [0, 0.05) is 25.1 Å². The zero-order valence-electron chi connectivity index (χ0n) is 24.0. The lowest BCUT2D eigenvalue weighted by Crippen LogP contribution is -2.37. The van der Waals surface area contributed by atoms with Gasteiger partial charge >= 0.3 is 5.97 Å².